The minimum absolute atomic E-state index is 0.0834. The number of carbonyl (C=O) groups excluding carboxylic acids is 1. The maximum Gasteiger partial charge on any atom is 0.417 e. The maximum atomic E-state index is 12.8. The highest BCUT2D eigenvalue weighted by Crippen LogP contribution is 2.27. The Labute approximate surface area is 153 Å². The molecule has 3 heterocycles. The van der Waals surface area contributed by atoms with Crippen LogP contribution in [0.3, 0.4) is 0 Å². The largest absolute Gasteiger partial charge is 0.417 e. The number of thiazole rings is 1. The summed E-state index contributed by atoms with van der Waals surface area (Å²) in [5.74, 6) is 0.500. The molecule has 2 aliphatic heterocycles. The monoisotopic (exact) mass is 368 g/mol. The molecule has 1 amide bonds. The van der Waals surface area contributed by atoms with Crippen LogP contribution in [0.25, 0.3) is 0 Å². The number of rotatable bonds is 4. The fourth-order valence-corrected chi connectivity index (χ4v) is 4.32. The molecule has 2 saturated heterocycles. The van der Waals surface area contributed by atoms with Crippen molar-refractivity contribution in [2.75, 3.05) is 32.7 Å². The number of aliphatic hydroxyl groups excluding tert-OH is 1. The van der Waals surface area contributed by atoms with E-state index < -0.39 is 0 Å². The van der Waals surface area contributed by atoms with E-state index in [2.05, 4.69) is 29.0 Å². The summed E-state index contributed by atoms with van der Waals surface area (Å²) < 4.78 is 5.50. The fourth-order valence-electron chi connectivity index (χ4n) is 3.70. The number of piperazine rings is 1. The Kier molecular flexibility index (Phi) is 6.27. The van der Waals surface area contributed by atoms with Crippen LogP contribution in [0.15, 0.2) is 6.20 Å². The Balaban J connectivity index is 1.70. The Morgan fingerprint density at radius 3 is 2.84 bits per heavy atom. The molecule has 2 N–H and O–H groups in total. The van der Waals surface area contributed by atoms with Crippen molar-refractivity contribution in [1.82, 2.24) is 20.1 Å². The van der Waals surface area contributed by atoms with Crippen LogP contribution >= 0.6 is 11.3 Å². The third kappa shape index (κ3) is 4.49. The van der Waals surface area contributed by atoms with Crippen LogP contribution in [0.4, 0.5) is 4.79 Å². The van der Waals surface area contributed by atoms with Crippen molar-refractivity contribution in [1.29, 1.82) is 0 Å². The van der Waals surface area contributed by atoms with Crippen molar-refractivity contribution in [3.63, 3.8) is 0 Å². The topological polar surface area (TPSA) is 77.9 Å². The fraction of sp³-hybridized carbons (Fsp3) is 0.765. The highest BCUT2D eigenvalue weighted by atomic mass is 32.1. The van der Waals surface area contributed by atoms with Gasteiger partial charge in [-0.1, -0.05) is 11.3 Å². The first-order valence-electron chi connectivity index (χ1n) is 9.07. The van der Waals surface area contributed by atoms with Crippen molar-refractivity contribution in [2.45, 2.75) is 45.4 Å². The summed E-state index contributed by atoms with van der Waals surface area (Å²) >= 11 is 1.22. The van der Waals surface area contributed by atoms with Crippen molar-refractivity contribution < 1.29 is 14.6 Å². The van der Waals surface area contributed by atoms with Gasteiger partial charge in [-0.25, -0.2) is 9.78 Å². The third-order valence-electron chi connectivity index (χ3n) is 5.21. The molecule has 8 heteroatoms. The lowest BCUT2D eigenvalue weighted by molar-refractivity contribution is 0.0272. The second-order valence-corrected chi connectivity index (χ2v) is 8.13. The lowest BCUT2D eigenvalue weighted by atomic mass is 9.87. The van der Waals surface area contributed by atoms with Crippen LogP contribution in [0.5, 0.6) is 5.19 Å². The van der Waals surface area contributed by atoms with E-state index >= 15 is 0 Å². The van der Waals surface area contributed by atoms with Crippen LogP contribution in [-0.2, 0) is 6.61 Å². The van der Waals surface area contributed by atoms with E-state index in [-0.39, 0.29) is 18.7 Å². The van der Waals surface area contributed by atoms with Crippen LogP contribution in [-0.4, -0.2) is 70.8 Å². The molecular weight excluding hydrogens is 340 g/mol. The summed E-state index contributed by atoms with van der Waals surface area (Å²) in [4.78, 5) is 21.9. The van der Waals surface area contributed by atoms with Crippen LogP contribution in [0.1, 0.15) is 31.6 Å². The number of ether oxygens (including phenoxy) is 1. The predicted molar refractivity (Wildman–Crippen MR) is 96.9 cm³/mol. The van der Waals surface area contributed by atoms with Crippen molar-refractivity contribution in [3.05, 3.63) is 11.1 Å². The minimum atomic E-state index is -0.314. The summed E-state index contributed by atoms with van der Waals surface area (Å²) in [7, 11) is 0. The molecule has 3 rings (SSSR count). The van der Waals surface area contributed by atoms with Gasteiger partial charge in [0.05, 0.1) is 17.5 Å². The van der Waals surface area contributed by atoms with Gasteiger partial charge in [-0.15, -0.1) is 0 Å². The number of hydrogen-bond donors (Lipinski definition) is 2. The Morgan fingerprint density at radius 2 is 2.20 bits per heavy atom. The normalized spacial score (nSPS) is 23.2. The third-order valence-corrected chi connectivity index (χ3v) is 6.07. The lowest BCUT2D eigenvalue weighted by Gasteiger charge is -2.46. The first kappa shape index (κ1) is 18.6. The number of aliphatic hydroxyl groups is 1. The van der Waals surface area contributed by atoms with Gasteiger partial charge < -0.3 is 20.1 Å². The quantitative estimate of drug-likeness (QED) is 0.839. The number of hydrogen-bond acceptors (Lipinski definition) is 7. The molecule has 0 saturated carbocycles. The number of piperidine rings is 1. The molecule has 0 bridgehead atoms. The molecule has 0 aromatic carbocycles. The van der Waals surface area contributed by atoms with Gasteiger partial charge >= 0.3 is 6.09 Å². The first-order valence-corrected chi connectivity index (χ1v) is 9.89. The zero-order chi connectivity index (χ0) is 17.8. The Bertz CT molecular complexity index is 574. The maximum absolute atomic E-state index is 12.8. The van der Waals surface area contributed by atoms with Gasteiger partial charge in [0.1, 0.15) is 0 Å². The average Bonchev–Trinajstić information content (AvgIpc) is 3.09. The van der Waals surface area contributed by atoms with Gasteiger partial charge in [0, 0.05) is 31.9 Å². The van der Waals surface area contributed by atoms with Crippen LogP contribution < -0.4 is 10.1 Å². The summed E-state index contributed by atoms with van der Waals surface area (Å²) in [5.41, 5.74) is 0. The first-order chi connectivity index (χ1) is 12.1. The molecule has 0 aliphatic carbocycles. The highest BCUT2D eigenvalue weighted by molar-refractivity contribution is 7.13. The van der Waals surface area contributed by atoms with E-state index in [0.29, 0.717) is 28.6 Å². The Hall–Kier alpha value is -1.22. The number of nitrogens with zero attached hydrogens (tertiary/aromatic N) is 3. The summed E-state index contributed by atoms with van der Waals surface area (Å²) in [6, 6.07) is 0.663. The lowest BCUT2D eigenvalue weighted by Crippen LogP contribution is -2.60. The van der Waals surface area contributed by atoms with E-state index in [1.165, 1.54) is 11.3 Å². The van der Waals surface area contributed by atoms with E-state index in [1.807, 2.05) is 4.90 Å². The molecule has 7 nitrogen and oxygen atoms in total. The van der Waals surface area contributed by atoms with Gasteiger partial charge in [-0.05, 0) is 45.7 Å². The summed E-state index contributed by atoms with van der Waals surface area (Å²) in [6.45, 7) is 8.81. The molecule has 1 unspecified atom stereocenters. The smallest absolute Gasteiger partial charge is 0.391 e. The molecule has 25 heavy (non-hydrogen) atoms. The van der Waals surface area contributed by atoms with E-state index in [0.717, 1.165) is 39.0 Å². The minimum Gasteiger partial charge on any atom is -0.391 e. The second kappa shape index (κ2) is 8.44. The molecule has 2 aliphatic rings. The number of nitrogens with one attached hydrogen (secondary N) is 1. The number of aromatic nitrogens is 1. The SMILES string of the molecule is CC(C)N1CCN(C(=O)Oc2ncc(CO)s2)C(C2CCNCC2)C1. The van der Waals surface area contributed by atoms with E-state index in [9.17, 15) is 4.79 Å². The number of carbonyl (C=O) groups is 1. The zero-order valence-corrected chi connectivity index (χ0v) is 15.8. The molecule has 0 radical (unpaired) electrons. The van der Waals surface area contributed by atoms with Gasteiger partial charge in [0.25, 0.3) is 5.19 Å². The van der Waals surface area contributed by atoms with Crippen molar-refractivity contribution in [3.8, 4) is 5.19 Å². The molecule has 140 valence electrons. The average molecular weight is 369 g/mol. The molecule has 1 aromatic heterocycles. The van der Waals surface area contributed by atoms with Gasteiger partial charge in [-0.2, -0.15) is 0 Å². The van der Waals surface area contributed by atoms with Crippen LogP contribution in [0.2, 0.25) is 0 Å². The van der Waals surface area contributed by atoms with Crippen molar-refractivity contribution >= 4 is 17.4 Å². The van der Waals surface area contributed by atoms with Gasteiger partial charge in [-0.3, -0.25) is 4.90 Å². The summed E-state index contributed by atoms with van der Waals surface area (Å²) in [6.07, 6.45) is 3.41. The number of amides is 1. The molecule has 1 atom stereocenters. The summed E-state index contributed by atoms with van der Waals surface area (Å²) in [5, 5.41) is 12.8. The second-order valence-electron chi connectivity index (χ2n) is 7.06. The standard InChI is InChI=1S/C17H28N4O3S/c1-12(2)20-7-8-21(15(10-20)13-3-5-18-6-4-13)17(23)24-16-19-9-14(11-22)25-16/h9,12-13,15,18,22H,3-8,10-11H2,1-2H3. The molecule has 0 spiro atoms. The zero-order valence-electron chi connectivity index (χ0n) is 15.0. The van der Waals surface area contributed by atoms with Gasteiger partial charge in [0.2, 0.25) is 0 Å². The molecule has 2 fully saturated rings. The van der Waals surface area contributed by atoms with E-state index in [1.54, 1.807) is 6.20 Å². The Morgan fingerprint density at radius 1 is 1.44 bits per heavy atom. The van der Waals surface area contributed by atoms with Crippen LogP contribution in [0, 0.1) is 5.92 Å². The van der Waals surface area contributed by atoms with Crippen molar-refractivity contribution in [2.24, 2.45) is 5.92 Å². The van der Waals surface area contributed by atoms with Gasteiger partial charge in [0.15, 0.2) is 0 Å². The molecular formula is C17H28N4O3S. The molecule has 1 aromatic rings. The highest BCUT2D eigenvalue weighted by Gasteiger charge is 2.38. The van der Waals surface area contributed by atoms with E-state index in [4.69, 9.17) is 9.84 Å². The predicted octanol–water partition coefficient (Wildman–Crippen LogP) is 1.53.